The van der Waals surface area contributed by atoms with Crippen LogP contribution in [-0.2, 0) is 0 Å². The van der Waals surface area contributed by atoms with Crippen molar-refractivity contribution in [1.82, 2.24) is 15.5 Å². The molecule has 1 amide bonds. The number of carbonyl (C=O) groups is 1. The van der Waals surface area contributed by atoms with Gasteiger partial charge in [-0.25, -0.2) is 0 Å². The maximum absolute atomic E-state index is 12.8. The number of hydrogen-bond donors (Lipinski definition) is 2. The van der Waals surface area contributed by atoms with Gasteiger partial charge in [0.1, 0.15) is 0 Å². The van der Waals surface area contributed by atoms with Crippen LogP contribution in [-0.4, -0.2) is 49.5 Å². The molecule has 0 radical (unpaired) electrons. The van der Waals surface area contributed by atoms with Gasteiger partial charge in [0.2, 0.25) is 0 Å². The van der Waals surface area contributed by atoms with Crippen LogP contribution in [0.4, 0.5) is 5.82 Å². The molecule has 4 rings (SSSR count). The number of anilines is 1. The number of benzene rings is 2. The Kier molecular flexibility index (Phi) is 5.88. The van der Waals surface area contributed by atoms with Gasteiger partial charge in [0.15, 0.2) is 17.3 Å². The number of hydrogen-bond acceptors (Lipinski definition) is 5. The van der Waals surface area contributed by atoms with E-state index in [1.54, 1.807) is 32.4 Å². The molecular formula is C23H26N4O3. The molecule has 1 fully saturated rings. The van der Waals surface area contributed by atoms with Crippen molar-refractivity contribution in [3.8, 4) is 22.8 Å². The van der Waals surface area contributed by atoms with Crippen molar-refractivity contribution in [2.24, 2.45) is 0 Å². The van der Waals surface area contributed by atoms with Crippen LogP contribution in [0.1, 0.15) is 23.2 Å². The quantitative estimate of drug-likeness (QED) is 0.655. The van der Waals surface area contributed by atoms with Gasteiger partial charge in [-0.15, -0.1) is 0 Å². The zero-order chi connectivity index (χ0) is 20.9. The number of ether oxygens (including phenoxy) is 2. The summed E-state index contributed by atoms with van der Waals surface area (Å²) >= 11 is 0. The molecule has 0 atom stereocenters. The van der Waals surface area contributed by atoms with E-state index >= 15 is 0 Å². The summed E-state index contributed by atoms with van der Waals surface area (Å²) in [6.45, 7) is 1.67. The zero-order valence-corrected chi connectivity index (χ0v) is 17.2. The molecule has 2 N–H and O–H groups in total. The zero-order valence-electron chi connectivity index (χ0n) is 17.2. The number of amides is 1. The largest absolute Gasteiger partial charge is 0.493 e. The monoisotopic (exact) mass is 406 g/mol. The number of nitrogens with one attached hydrogen (secondary N) is 2. The van der Waals surface area contributed by atoms with Gasteiger partial charge < -0.3 is 19.7 Å². The van der Waals surface area contributed by atoms with Gasteiger partial charge in [0.05, 0.1) is 25.5 Å². The lowest BCUT2D eigenvalue weighted by molar-refractivity contribution is 0.0927. The molecule has 30 heavy (non-hydrogen) atoms. The van der Waals surface area contributed by atoms with Crippen molar-refractivity contribution < 1.29 is 14.3 Å². The highest BCUT2D eigenvalue weighted by molar-refractivity contribution is 5.98. The van der Waals surface area contributed by atoms with E-state index in [-0.39, 0.29) is 11.9 Å². The van der Waals surface area contributed by atoms with Crippen molar-refractivity contribution in [2.75, 3.05) is 32.2 Å². The highest BCUT2D eigenvalue weighted by Gasteiger charge is 2.24. The summed E-state index contributed by atoms with van der Waals surface area (Å²) in [5.74, 6) is 1.80. The van der Waals surface area contributed by atoms with Gasteiger partial charge in [0.25, 0.3) is 5.91 Å². The van der Waals surface area contributed by atoms with Crippen molar-refractivity contribution in [1.29, 1.82) is 0 Å². The normalized spacial score (nSPS) is 14.4. The molecule has 1 saturated heterocycles. The van der Waals surface area contributed by atoms with E-state index in [0.29, 0.717) is 17.1 Å². The Morgan fingerprint density at radius 1 is 1.07 bits per heavy atom. The van der Waals surface area contributed by atoms with Gasteiger partial charge >= 0.3 is 0 Å². The summed E-state index contributed by atoms with van der Waals surface area (Å²) < 4.78 is 10.7. The van der Waals surface area contributed by atoms with Crippen LogP contribution >= 0.6 is 0 Å². The Bertz CT molecular complexity index is 995. The number of H-pyrrole nitrogens is 1. The van der Waals surface area contributed by atoms with Crippen LogP contribution in [0.3, 0.4) is 0 Å². The number of aromatic nitrogens is 2. The standard InChI is InChI=1S/C23H26N4O3/c1-29-20-10-6-9-18(22(20)30-2)23(28)24-17-11-13-27(14-12-17)21-15-19(25-26-21)16-7-4-3-5-8-16/h3-10,15,17H,11-14H2,1-2H3,(H,24,28)(H,25,26). The maximum atomic E-state index is 12.8. The van der Waals surface area contributed by atoms with Crippen LogP contribution in [0.15, 0.2) is 54.6 Å². The number of piperidine rings is 1. The Morgan fingerprint density at radius 2 is 1.83 bits per heavy atom. The number of nitrogens with zero attached hydrogens (tertiary/aromatic N) is 2. The first-order valence-electron chi connectivity index (χ1n) is 10.1. The average molecular weight is 406 g/mol. The summed E-state index contributed by atoms with van der Waals surface area (Å²) in [5, 5.41) is 10.7. The van der Waals surface area contributed by atoms with E-state index in [9.17, 15) is 4.79 Å². The van der Waals surface area contributed by atoms with Crippen molar-refractivity contribution in [3.63, 3.8) is 0 Å². The third-order valence-corrected chi connectivity index (χ3v) is 5.45. The minimum Gasteiger partial charge on any atom is -0.493 e. The molecule has 1 aliphatic heterocycles. The van der Waals surface area contributed by atoms with E-state index in [4.69, 9.17) is 9.47 Å². The molecule has 0 bridgehead atoms. The fourth-order valence-corrected chi connectivity index (χ4v) is 3.82. The predicted molar refractivity (Wildman–Crippen MR) is 116 cm³/mol. The van der Waals surface area contributed by atoms with Crippen LogP contribution in [0.5, 0.6) is 11.5 Å². The van der Waals surface area contributed by atoms with Gasteiger partial charge in [0, 0.05) is 25.2 Å². The van der Waals surface area contributed by atoms with E-state index in [1.165, 1.54) is 0 Å². The van der Waals surface area contributed by atoms with Gasteiger partial charge in [-0.05, 0) is 30.5 Å². The summed E-state index contributed by atoms with van der Waals surface area (Å²) in [6, 6.07) is 17.7. The summed E-state index contributed by atoms with van der Waals surface area (Å²) in [6.07, 6.45) is 1.71. The highest BCUT2D eigenvalue weighted by Crippen LogP contribution is 2.31. The van der Waals surface area contributed by atoms with Crippen LogP contribution < -0.4 is 19.7 Å². The topological polar surface area (TPSA) is 79.5 Å². The lowest BCUT2D eigenvalue weighted by Crippen LogP contribution is -2.44. The predicted octanol–water partition coefficient (Wildman–Crippen LogP) is 3.49. The number of carbonyl (C=O) groups excluding carboxylic acids is 1. The summed E-state index contributed by atoms with van der Waals surface area (Å²) in [7, 11) is 3.11. The SMILES string of the molecule is COc1cccc(C(=O)NC2CCN(c3cc(-c4ccccc4)[nH]n3)CC2)c1OC. The molecule has 0 aliphatic carbocycles. The van der Waals surface area contributed by atoms with Crippen LogP contribution in [0, 0.1) is 0 Å². The minimum absolute atomic E-state index is 0.109. The van der Waals surface area contributed by atoms with E-state index in [1.807, 2.05) is 18.2 Å². The minimum atomic E-state index is -0.143. The maximum Gasteiger partial charge on any atom is 0.255 e. The van der Waals surface area contributed by atoms with Crippen molar-refractivity contribution in [3.05, 3.63) is 60.2 Å². The molecule has 0 unspecified atom stereocenters. The molecule has 2 aromatic carbocycles. The first-order valence-corrected chi connectivity index (χ1v) is 10.1. The Balaban J connectivity index is 1.36. The smallest absolute Gasteiger partial charge is 0.255 e. The molecule has 3 aromatic rings. The average Bonchev–Trinajstić information content (AvgIpc) is 3.30. The van der Waals surface area contributed by atoms with Gasteiger partial charge in [-0.1, -0.05) is 36.4 Å². The van der Waals surface area contributed by atoms with E-state index in [2.05, 4.69) is 38.6 Å². The van der Waals surface area contributed by atoms with Gasteiger partial charge in [-0.3, -0.25) is 9.89 Å². The first-order chi connectivity index (χ1) is 14.7. The van der Waals surface area contributed by atoms with Crippen LogP contribution in [0.2, 0.25) is 0 Å². The molecule has 1 aromatic heterocycles. The van der Waals surface area contributed by atoms with E-state index < -0.39 is 0 Å². The van der Waals surface area contributed by atoms with Crippen LogP contribution in [0.25, 0.3) is 11.3 Å². The Labute approximate surface area is 176 Å². The molecule has 7 heteroatoms. The van der Waals surface area contributed by atoms with E-state index in [0.717, 1.165) is 43.0 Å². The molecule has 156 valence electrons. The fourth-order valence-electron chi connectivity index (χ4n) is 3.82. The number of methoxy groups -OCH3 is 2. The molecule has 2 heterocycles. The number of rotatable bonds is 6. The van der Waals surface area contributed by atoms with Crippen molar-refractivity contribution in [2.45, 2.75) is 18.9 Å². The first kappa shape index (κ1) is 19.8. The Hall–Kier alpha value is -3.48. The number of aromatic amines is 1. The molecular weight excluding hydrogens is 380 g/mol. The summed E-state index contributed by atoms with van der Waals surface area (Å²) in [4.78, 5) is 15.0. The second-order valence-corrected chi connectivity index (χ2v) is 7.28. The molecule has 0 spiro atoms. The Morgan fingerprint density at radius 3 is 2.53 bits per heavy atom. The highest BCUT2D eigenvalue weighted by atomic mass is 16.5. The fraction of sp³-hybridized carbons (Fsp3) is 0.304. The van der Waals surface area contributed by atoms with Gasteiger partial charge in [-0.2, -0.15) is 5.10 Å². The molecule has 7 nitrogen and oxygen atoms in total. The molecule has 1 aliphatic rings. The summed E-state index contributed by atoms with van der Waals surface area (Å²) in [5.41, 5.74) is 2.61. The third-order valence-electron chi connectivity index (χ3n) is 5.45. The third kappa shape index (κ3) is 4.10. The lowest BCUT2D eigenvalue weighted by atomic mass is 10.0. The molecule has 0 saturated carbocycles. The second-order valence-electron chi connectivity index (χ2n) is 7.28. The lowest BCUT2D eigenvalue weighted by Gasteiger charge is -2.32. The number of para-hydroxylation sites is 1. The van der Waals surface area contributed by atoms with Crippen molar-refractivity contribution >= 4 is 11.7 Å². The second kappa shape index (κ2) is 8.90.